The molecule has 24 heavy (non-hydrogen) atoms. The van der Waals surface area contributed by atoms with Gasteiger partial charge < -0.3 is 5.32 Å². The molecule has 0 radical (unpaired) electrons. The number of rotatable bonds is 4. The van der Waals surface area contributed by atoms with Crippen molar-refractivity contribution in [2.45, 2.75) is 31.8 Å². The molecule has 3 aromatic rings. The first kappa shape index (κ1) is 15.0. The number of hydrogen-bond donors (Lipinski definition) is 1. The Morgan fingerprint density at radius 3 is 2.92 bits per heavy atom. The molecule has 1 aliphatic rings. The van der Waals surface area contributed by atoms with Crippen LogP contribution in [0.3, 0.4) is 0 Å². The van der Waals surface area contributed by atoms with Gasteiger partial charge in [-0.2, -0.15) is 5.10 Å². The molecule has 5 heteroatoms. The Morgan fingerprint density at radius 1 is 1.17 bits per heavy atom. The van der Waals surface area contributed by atoms with Gasteiger partial charge in [-0.1, -0.05) is 6.07 Å². The van der Waals surface area contributed by atoms with Crippen molar-refractivity contribution in [1.29, 1.82) is 0 Å². The highest BCUT2D eigenvalue weighted by Crippen LogP contribution is 2.27. The van der Waals surface area contributed by atoms with Gasteiger partial charge in [0.05, 0.1) is 23.1 Å². The number of fused-ring (bicyclic) bond motifs is 1. The lowest BCUT2D eigenvalue weighted by atomic mass is 9.92. The zero-order chi connectivity index (χ0) is 16.4. The lowest BCUT2D eigenvalue weighted by Gasteiger charge is -2.25. The van der Waals surface area contributed by atoms with E-state index in [1.165, 1.54) is 17.7 Å². The van der Waals surface area contributed by atoms with Crippen molar-refractivity contribution in [2.24, 2.45) is 7.05 Å². The largest absolute Gasteiger partial charge is 0.303 e. The molecule has 0 spiro atoms. The molecule has 0 aliphatic heterocycles. The van der Waals surface area contributed by atoms with Gasteiger partial charge in [0.25, 0.3) is 0 Å². The third kappa shape index (κ3) is 2.95. The zero-order valence-corrected chi connectivity index (χ0v) is 13.8. The first-order valence-corrected chi connectivity index (χ1v) is 8.42. The third-order valence-electron chi connectivity index (χ3n) is 4.67. The molecule has 1 aliphatic carbocycles. The molecule has 0 amide bonds. The highest BCUT2D eigenvalue weighted by Gasteiger charge is 2.20. The van der Waals surface area contributed by atoms with Crippen molar-refractivity contribution < 1.29 is 0 Å². The maximum atomic E-state index is 4.59. The van der Waals surface area contributed by atoms with E-state index in [4.69, 9.17) is 0 Å². The summed E-state index contributed by atoms with van der Waals surface area (Å²) in [5, 5.41) is 7.82. The smallest absolute Gasteiger partial charge is 0.0694 e. The minimum absolute atomic E-state index is 0.327. The summed E-state index contributed by atoms with van der Waals surface area (Å²) in [6, 6.07) is 10.7. The normalized spacial score (nSPS) is 16.8. The fourth-order valence-electron chi connectivity index (χ4n) is 3.37. The number of hydrogen-bond acceptors (Lipinski definition) is 4. The lowest BCUT2D eigenvalue weighted by molar-refractivity contribution is 0.445. The second-order valence-electron chi connectivity index (χ2n) is 6.25. The van der Waals surface area contributed by atoms with Crippen LogP contribution in [0.2, 0.25) is 0 Å². The second kappa shape index (κ2) is 6.53. The first-order valence-electron chi connectivity index (χ1n) is 8.42. The van der Waals surface area contributed by atoms with Crippen LogP contribution in [-0.4, -0.2) is 19.7 Å². The molecule has 0 saturated carbocycles. The number of nitrogens with zero attached hydrogens (tertiary/aromatic N) is 4. The van der Waals surface area contributed by atoms with E-state index < -0.39 is 0 Å². The molecular weight excluding hydrogens is 298 g/mol. The second-order valence-corrected chi connectivity index (χ2v) is 6.25. The van der Waals surface area contributed by atoms with Gasteiger partial charge in [0, 0.05) is 37.7 Å². The summed E-state index contributed by atoms with van der Waals surface area (Å²) in [5.41, 5.74) is 5.79. The van der Waals surface area contributed by atoms with Gasteiger partial charge in [-0.25, -0.2) is 0 Å². The average molecular weight is 319 g/mol. The molecule has 0 saturated heterocycles. The molecule has 122 valence electrons. The third-order valence-corrected chi connectivity index (χ3v) is 4.67. The van der Waals surface area contributed by atoms with E-state index in [2.05, 4.69) is 38.6 Å². The molecule has 0 aromatic carbocycles. The minimum Gasteiger partial charge on any atom is -0.303 e. The summed E-state index contributed by atoms with van der Waals surface area (Å²) >= 11 is 0. The van der Waals surface area contributed by atoms with E-state index in [0.29, 0.717) is 6.04 Å². The van der Waals surface area contributed by atoms with E-state index in [1.807, 2.05) is 36.3 Å². The van der Waals surface area contributed by atoms with Crippen molar-refractivity contribution in [3.8, 4) is 11.3 Å². The van der Waals surface area contributed by atoms with Crippen molar-refractivity contribution in [2.75, 3.05) is 0 Å². The van der Waals surface area contributed by atoms with Gasteiger partial charge in [0.15, 0.2) is 0 Å². The Bertz CT molecular complexity index is 822. The molecule has 0 bridgehead atoms. The Hall–Kier alpha value is -2.53. The minimum atomic E-state index is 0.327. The molecular formula is C19H21N5. The summed E-state index contributed by atoms with van der Waals surface area (Å²) in [5.74, 6) is 0. The molecule has 3 heterocycles. The van der Waals surface area contributed by atoms with E-state index in [9.17, 15) is 0 Å². The fourth-order valence-corrected chi connectivity index (χ4v) is 3.37. The highest BCUT2D eigenvalue weighted by atomic mass is 15.3. The van der Waals surface area contributed by atoms with Gasteiger partial charge >= 0.3 is 0 Å². The monoisotopic (exact) mass is 319 g/mol. The van der Waals surface area contributed by atoms with Crippen LogP contribution < -0.4 is 5.32 Å². The van der Waals surface area contributed by atoms with Crippen LogP contribution in [0.15, 0.2) is 48.9 Å². The standard InChI is InChI=1S/C19H21N5/c1-24-18(9-11-23-24)15-7-8-16(21-12-15)13-22-17-6-2-4-14-5-3-10-20-19(14)17/h3,5,7-12,17,22H,2,4,6,13H2,1H3. The van der Waals surface area contributed by atoms with Crippen molar-refractivity contribution in [1.82, 2.24) is 25.1 Å². The van der Waals surface area contributed by atoms with Crippen molar-refractivity contribution >= 4 is 0 Å². The Balaban J connectivity index is 1.45. The predicted octanol–water partition coefficient (Wildman–Crippen LogP) is 3.04. The van der Waals surface area contributed by atoms with E-state index in [0.717, 1.165) is 36.3 Å². The van der Waals surface area contributed by atoms with Crippen LogP contribution in [0, 0.1) is 0 Å². The molecule has 4 rings (SSSR count). The van der Waals surface area contributed by atoms with E-state index >= 15 is 0 Å². The Labute approximate surface area is 141 Å². The molecule has 1 atom stereocenters. The first-order chi connectivity index (χ1) is 11.8. The number of pyridine rings is 2. The lowest BCUT2D eigenvalue weighted by Crippen LogP contribution is -2.26. The quantitative estimate of drug-likeness (QED) is 0.803. The number of nitrogens with one attached hydrogen (secondary N) is 1. The molecule has 3 aromatic heterocycles. The predicted molar refractivity (Wildman–Crippen MR) is 93.2 cm³/mol. The van der Waals surface area contributed by atoms with E-state index in [1.54, 1.807) is 6.20 Å². The van der Waals surface area contributed by atoms with Crippen LogP contribution >= 0.6 is 0 Å². The van der Waals surface area contributed by atoms with Gasteiger partial charge in [-0.15, -0.1) is 0 Å². The fraction of sp³-hybridized carbons (Fsp3) is 0.316. The molecule has 5 nitrogen and oxygen atoms in total. The van der Waals surface area contributed by atoms with Crippen molar-refractivity contribution in [3.05, 3.63) is 65.9 Å². The van der Waals surface area contributed by atoms with Crippen molar-refractivity contribution in [3.63, 3.8) is 0 Å². The topological polar surface area (TPSA) is 55.6 Å². The van der Waals surface area contributed by atoms with Crippen LogP contribution in [0.1, 0.15) is 35.8 Å². The Morgan fingerprint density at radius 2 is 2.12 bits per heavy atom. The van der Waals surface area contributed by atoms with Gasteiger partial charge in [-0.3, -0.25) is 14.6 Å². The van der Waals surface area contributed by atoms with Crippen LogP contribution in [-0.2, 0) is 20.0 Å². The van der Waals surface area contributed by atoms with E-state index in [-0.39, 0.29) is 0 Å². The number of aryl methyl sites for hydroxylation is 2. The maximum absolute atomic E-state index is 4.59. The van der Waals surface area contributed by atoms with Gasteiger partial charge in [0.2, 0.25) is 0 Å². The number of aromatic nitrogens is 4. The summed E-state index contributed by atoms with van der Waals surface area (Å²) in [6.45, 7) is 0.756. The van der Waals surface area contributed by atoms with Gasteiger partial charge in [-0.05, 0) is 49.1 Å². The van der Waals surface area contributed by atoms with Crippen LogP contribution in [0.5, 0.6) is 0 Å². The van der Waals surface area contributed by atoms with Gasteiger partial charge in [0.1, 0.15) is 0 Å². The Kier molecular flexibility index (Phi) is 4.09. The summed E-state index contributed by atoms with van der Waals surface area (Å²) < 4.78 is 1.86. The zero-order valence-electron chi connectivity index (χ0n) is 13.8. The molecule has 1 N–H and O–H groups in total. The summed E-state index contributed by atoms with van der Waals surface area (Å²) in [6.07, 6.45) is 9.10. The molecule has 0 fully saturated rings. The summed E-state index contributed by atoms with van der Waals surface area (Å²) in [4.78, 5) is 9.17. The van der Waals surface area contributed by atoms with Crippen LogP contribution in [0.4, 0.5) is 0 Å². The highest BCUT2D eigenvalue weighted by molar-refractivity contribution is 5.57. The summed E-state index contributed by atoms with van der Waals surface area (Å²) in [7, 11) is 1.94. The maximum Gasteiger partial charge on any atom is 0.0694 e. The SMILES string of the molecule is Cn1nccc1-c1ccc(CNC2CCCc3cccnc32)nc1. The van der Waals surface area contributed by atoms with Crippen LogP contribution in [0.25, 0.3) is 11.3 Å². The molecule has 1 unspecified atom stereocenters. The average Bonchev–Trinajstić information content (AvgIpc) is 3.06.